The number of aromatic nitrogens is 1. The number of amides is 1. The third-order valence-electron chi connectivity index (χ3n) is 2.83. The van der Waals surface area contributed by atoms with Crippen molar-refractivity contribution in [3.63, 3.8) is 0 Å². The molecule has 0 radical (unpaired) electrons. The first kappa shape index (κ1) is 14.1. The monoisotopic (exact) mass is 292 g/mol. The largest absolute Gasteiger partial charge is 0.319 e. The maximum Gasteiger partial charge on any atom is 0.256 e. The molecule has 0 aromatic carbocycles. The van der Waals surface area contributed by atoms with Gasteiger partial charge in [-0.25, -0.2) is 4.98 Å². The summed E-state index contributed by atoms with van der Waals surface area (Å²) in [4.78, 5) is 16.5. The second kappa shape index (κ2) is 5.75. The van der Waals surface area contributed by atoms with E-state index in [1.54, 1.807) is 18.0 Å². The summed E-state index contributed by atoms with van der Waals surface area (Å²) < 4.78 is 0. The van der Waals surface area contributed by atoms with Crippen molar-refractivity contribution < 1.29 is 4.79 Å². The van der Waals surface area contributed by atoms with Crippen molar-refractivity contribution in [2.45, 2.75) is 13.8 Å². The summed E-state index contributed by atoms with van der Waals surface area (Å²) in [6.45, 7) is 7.94. The van der Waals surface area contributed by atoms with Crippen LogP contribution in [0.4, 0.5) is 0 Å². The number of rotatable bonds is 4. The fourth-order valence-electron chi connectivity index (χ4n) is 2.11. The number of hydrogen-bond donors (Lipinski definition) is 1. The van der Waals surface area contributed by atoms with Crippen LogP contribution in [0.2, 0.25) is 0 Å². The quantitative estimate of drug-likeness (QED) is 0.866. The molecule has 0 unspecified atom stereocenters. The first-order valence-electron chi connectivity index (χ1n) is 5.86. The van der Waals surface area contributed by atoms with Crippen molar-refractivity contribution in [3.8, 4) is 0 Å². The van der Waals surface area contributed by atoms with E-state index >= 15 is 0 Å². The fourth-order valence-corrected chi connectivity index (χ4v) is 3.33. The lowest BCUT2D eigenvalue weighted by Crippen LogP contribution is -2.16. The number of nitrogens with zero attached hydrogens (tertiary/aromatic N) is 1. The van der Waals surface area contributed by atoms with Crippen LogP contribution in [-0.2, 0) is 4.79 Å². The molecule has 1 N–H and O–H groups in total. The van der Waals surface area contributed by atoms with Crippen molar-refractivity contribution in [3.05, 3.63) is 45.5 Å². The van der Waals surface area contributed by atoms with Crippen LogP contribution in [0.3, 0.4) is 0 Å². The molecule has 0 atom stereocenters. The van der Waals surface area contributed by atoms with Gasteiger partial charge in [0.2, 0.25) is 0 Å². The van der Waals surface area contributed by atoms with E-state index in [2.05, 4.69) is 16.9 Å². The number of thiazole rings is 1. The number of carbonyl (C=O) groups excluding carboxylic acids is 1. The van der Waals surface area contributed by atoms with Crippen molar-refractivity contribution >= 4 is 34.7 Å². The van der Waals surface area contributed by atoms with Gasteiger partial charge in [0, 0.05) is 28.5 Å². The van der Waals surface area contributed by atoms with Gasteiger partial charge < -0.3 is 5.32 Å². The van der Waals surface area contributed by atoms with Crippen LogP contribution in [0.5, 0.6) is 0 Å². The molecular formula is C14H16N2OS2. The highest BCUT2D eigenvalue weighted by Gasteiger charge is 2.30. The molecule has 1 aliphatic rings. The van der Waals surface area contributed by atoms with Gasteiger partial charge in [-0.2, -0.15) is 11.8 Å². The minimum atomic E-state index is -0.0465. The molecule has 1 aromatic heterocycles. The predicted octanol–water partition coefficient (Wildman–Crippen LogP) is 3.24. The number of hydrogen-bond acceptors (Lipinski definition) is 4. The Kier molecular flexibility index (Phi) is 4.27. The van der Waals surface area contributed by atoms with Crippen LogP contribution >= 0.6 is 23.1 Å². The van der Waals surface area contributed by atoms with E-state index in [-0.39, 0.29) is 5.91 Å². The highest BCUT2D eigenvalue weighted by atomic mass is 32.2. The molecule has 0 bridgehead atoms. The average Bonchev–Trinajstić information content (AvgIpc) is 2.95. The number of allylic oxidation sites excluding steroid dienone is 1. The third-order valence-corrected chi connectivity index (χ3v) is 4.34. The van der Waals surface area contributed by atoms with Crippen LogP contribution in [0.25, 0.3) is 5.70 Å². The molecule has 2 heterocycles. The summed E-state index contributed by atoms with van der Waals surface area (Å²) in [5, 5.41) is 5.67. The molecule has 2 rings (SSSR count). The van der Waals surface area contributed by atoms with Gasteiger partial charge in [-0.15, -0.1) is 11.3 Å². The second-order valence-electron chi connectivity index (χ2n) is 4.41. The van der Waals surface area contributed by atoms with Gasteiger partial charge in [0.05, 0.1) is 5.70 Å². The minimum absolute atomic E-state index is 0.0465. The fraction of sp³-hybridized carbons (Fsp3) is 0.286. The van der Waals surface area contributed by atoms with Crippen LogP contribution in [0.1, 0.15) is 18.9 Å². The van der Waals surface area contributed by atoms with E-state index in [1.165, 1.54) is 11.3 Å². The van der Waals surface area contributed by atoms with Gasteiger partial charge in [0.25, 0.3) is 5.91 Å². The maximum atomic E-state index is 12.2. The first-order chi connectivity index (χ1) is 9.06. The van der Waals surface area contributed by atoms with Gasteiger partial charge in [-0.05, 0) is 31.2 Å². The Bertz CT molecular complexity index is 583. The summed E-state index contributed by atoms with van der Waals surface area (Å²) in [5.74, 6) is 0.791. The summed E-state index contributed by atoms with van der Waals surface area (Å²) in [6, 6.07) is 0. The zero-order valence-electron chi connectivity index (χ0n) is 11.2. The predicted molar refractivity (Wildman–Crippen MR) is 83.1 cm³/mol. The highest BCUT2D eigenvalue weighted by molar-refractivity contribution is 7.98. The summed E-state index contributed by atoms with van der Waals surface area (Å²) in [7, 11) is 0. The average molecular weight is 292 g/mol. The molecule has 1 aromatic rings. The van der Waals surface area contributed by atoms with Crippen molar-refractivity contribution in [1.29, 1.82) is 0 Å². The number of nitrogens with one attached hydrogen (secondary N) is 1. The van der Waals surface area contributed by atoms with Gasteiger partial charge >= 0.3 is 0 Å². The standard InChI is InChI=1S/C14H16N2OS2/c1-8(2)10-11(9(3)7-18-4)13(17)16-12(10)14-15-5-6-19-14/h5-6H,1,7H2,2-4H3,(H,16,17). The van der Waals surface area contributed by atoms with E-state index in [4.69, 9.17) is 0 Å². The molecule has 3 nitrogen and oxygen atoms in total. The molecule has 0 fully saturated rings. The first-order valence-corrected chi connectivity index (χ1v) is 8.14. The molecular weight excluding hydrogens is 276 g/mol. The molecule has 1 aliphatic heterocycles. The Hall–Kier alpha value is -1.33. The summed E-state index contributed by atoms with van der Waals surface area (Å²) in [6.07, 6.45) is 3.77. The topological polar surface area (TPSA) is 42.0 Å². The minimum Gasteiger partial charge on any atom is -0.319 e. The van der Waals surface area contributed by atoms with Crippen LogP contribution in [0, 0.1) is 0 Å². The van der Waals surface area contributed by atoms with Crippen molar-refractivity contribution in [1.82, 2.24) is 10.3 Å². The highest BCUT2D eigenvalue weighted by Crippen LogP contribution is 2.35. The maximum absolute atomic E-state index is 12.2. The number of thioether (sulfide) groups is 1. The third kappa shape index (κ3) is 2.67. The zero-order chi connectivity index (χ0) is 14.0. The number of carbonyl (C=O) groups is 1. The lowest BCUT2D eigenvalue weighted by Gasteiger charge is -2.08. The lowest BCUT2D eigenvalue weighted by molar-refractivity contribution is -0.115. The summed E-state index contributed by atoms with van der Waals surface area (Å²) >= 11 is 3.23. The van der Waals surface area contributed by atoms with Crippen molar-refractivity contribution in [2.24, 2.45) is 0 Å². The second-order valence-corrected chi connectivity index (χ2v) is 6.17. The Morgan fingerprint density at radius 2 is 2.26 bits per heavy atom. The molecule has 0 aliphatic carbocycles. The van der Waals surface area contributed by atoms with Gasteiger partial charge in [-0.3, -0.25) is 4.79 Å². The molecule has 0 saturated carbocycles. The van der Waals surface area contributed by atoms with Gasteiger partial charge in [0.15, 0.2) is 0 Å². The SMILES string of the molecule is C=C(C)C1=C(c2nccs2)NC(=O)C1=C(C)CSC. The zero-order valence-corrected chi connectivity index (χ0v) is 12.9. The van der Waals surface area contributed by atoms with Crippen LogP contribution < -0.4 is 5.32 Å². The van der Waals surface area contributed by atoms with Gasteiger partial charge in [-0.1, -0.05) is 6.58 Å². The van der Waals surface area contributed by atoms with Crippen molar-refractivity contribution in [2.75, 3.05) is 12.0 Å². The Labute approximate surface area is 121 Å². The van der Waals surface area contributed by atoms with Crippen LogP contribution in [-0.4, -0.2) is 22.9 Å². The van der Waals surface area contributed by atoms with E-state index in [1.807, 2.05) is 25.5 Å². The van der Waals surface area contributed by atoms with Crippen LogP contribution in [0.15, 0.2) is 40.4 Å². The lowest BCUT2D eigenvalue weighted by atomic mass is 9.97. The molecule has 1 amide bonds. The van der Waals surface area contributed by atoms with E-state index < -0.39 is 0 Å². The molecule has 19 heavy (non-hydrogen) atoms. The van der Waals surface area contributed by atoms with E-state index in [9.17, 15) is 4.79 Å². The van der Waals surface area contributed by atoms with E-state index in [0.29, 0.717) is 0 Å². The van der Waals surface area contributed by atoms with E-state index in [0.717, 1.165) is 38.7 Å². The molecule has 0 spiro atoms. The summed E-state index contributed by atoms with van der Waals surface area (Å²) in [5.41, 5.74) is 4.43. The normalized spacial score (nSPS) is 17.7. The Balaban J connectivity index is 2.60. The molecule has 100 valence electrons. The van der Waals surface area contributed by atoms with Gasteiger partial charge in [0.1, 0.15) is 5.01 Å². The Morgan fingerprint density at radius 3 is 2.79 bits per heavy atom. The Morgan fingerprint density at radius 1 is 1.53 bits per heavy atom. The smallest absolute Gasteiger partial charge is 0.256 e. The molecule has 5 heteroatoms. The molecule has 0 saturated heterocycles.